The van der Waals surface area contributed by atoms with E-state index in [4.69, 9.17) is 4.74 Å². The Labute approximate surface area is 110 Å². The van der Waals surface area contributed by atoms with Crippen LogP contribution in [0, 0.1) is 5.92 Å². The van der Waals surface area contributed by atoms with Gasteiger partial charge in [0.15, 0.2) is 0 Å². The van der Waals surface area contributed by atoms with E-state index in [-0.39, 0.29) is 5.92 Å². The number of nitrogens with one attached hydrogen (secondary N) is 1. The Bertz CT molecular complexity index is 259. The average Bonchev–Trinajstić information content (AvgIpc) is 2.91. The van der Waals surface area contributed by atoms with Crippen LogP contribution in [0.3, 0.4) is 0 Å². The van der Waals surface area contributed by atoms with Crippen molar-refractivity contribution in [2.45, 2.75) is 45.1 Å². The zero-order valence-corrected chi connectivity index (χ0v) is 11.5. The van der Waals surface area contributed by atoms with Crippen molar-refractivity contribution in [2.75, 3.05) is 32.8 Å². The largest absolute Gasteiger partial charge is 0.381 e. The number of rotatable bonds is 5. The zero-order chi connectivity index (χ0) is 12.8. The second kappa shape index (κ2) is 7.10. The van der Waals surface area contributed by atoms with E-state index in [1.54, 1.807) is 0 Å². The second-order valence-corrected chi connectivity index (χ2v) is 5.46. The van der Waals surface area contributed by atoms with E-state index in [2.05, 4.69) is 17.1 Å². The number of nitrogens with zero attached hydrogens (tertiary/aromatic N) is 1. The first-order valence-electron chi connectivity index (χ1n) is 7.41. The molecule has 0 radical (unpaired) electrons. The highest BCUT2D eigenvalue weighted by atomic mass is 16.5. The molecule has 1 unspecified atom stereocenters. The Kier molecular flexibility index (Phi) is 5.45. The first-order chi connectivity index (χ1) is 8.81. The van der Waals surface area contributed by atoms with Gasteiger partial charge in [0.25, 0.3) is 0 Å². The molecule has 18 heavy (non-hydrogen) atoms. The number of hydrogen-bond donors (Lipinski definition) is 1. The van der Waals surface area contributed by atoms with Crippen molar-refractivity contribution >= 4 is 5.91 Å². The second-order valence-electron chi connectivity index (χ2n) is 5.46. The van der Waals surface area contributed by atoms with Gasteiger partial charge in [0.1, 0.15) is 0 Å². The smallest absolute Gasteiger partial charge is 0.225 e. The molecule has 2 fully saturated rings. The van der Waals surface area contributed by atoms with Gasteiger partial charge >= 0.3 is 0 Å². The van der Waals surface area contributed by atoms with Crippen molar-refractivity contribution < 1.29 is 9.53 Å². The maximum atomic E-state index is 12.5. The minimum Gasteiger partial charge on any atom is -0.381 e. The summed E-state index contributed by atoms with van der Waals surface area (Å²) in [6.07, 6.45) is 5.30. The minimum atomic E-state index is 0.201. The van der Waals surface area contributed by atoms with Crippen LogP contribution in [-0.2, 0) is 9.53 Å². The summed E-state index contributed by atoms with van der Waals surface area (Å²) in [6, 6.07) is 0.514. The zero-order valence-electron chi connectivity index (χ0n) is 11.5. The predicted molar refractivity (Wildman–Crippen MR) is 71.4 cm³/mol. The van der Waals surface area contributed by atoms with Crippen LogP contribution in [0.25, 0.3) is 0 Å². The molecule has 2 saturated heterocycles. The molecule has 0 saturated carbocycles. The number of amides is 1. The summed E-state index contributed by atoms with van der Waals surface area (Å²) in [5.41, 5.74) is 0. The van der Waals surface area contributed by atoms with Gasteiger partial charge < -0.3 is 15.0 Å². The molecule has 0 aromatic carbocycles. The van der Waals surface area contributed by atoms with Crippen molar-refractivity contribution in [3.63, 3.8) is 0 Å². The van der Waals surface area contributed by atoms with E-state index in [0.29, 0.717) is 11.9 Å². The number of carbonyl (C=O) groups excluding carboxylic acids is 1. The van der Waals surface area contributed by atoms with Crippen LogP contribution in [-0.4, -0.2) is 49.7 Å². The van der Waals surface area contributed by atoms with Crippen LogP contribution in [0.4, 0.5) is 0 Å². The van der Waals surface area contributed by atoms with Crippen LogP contribution in [0.5, 0.6) is 0 Å². The lowest BCUT2D eigenvalue weighted by Crippen LogP contribution is -2.45. The van der Waals surface area contributed by atoms with Gasteiger partial charge in [-0.3, -0.25) is 4.79 Å². The van der Waals surface area contributed by atoms with E-state index in [9.17, 15) is 4.79 Å². The van der Waals surface area contributed by atoms with Crippen LogP contribution in [0.1, 0.15) is 39.0 Å². The molecule has 4 heteroatoms. The normalized spacial score (nSPS) is 25.3. The number of ether oxygens (including phenoxy) is 1. The van der Waals surface area contributed by atoms with Crippen molar-refractivity contribution in [1.29, 1.82) is 0 Å². The highest BCUT2D eigenvalue weighted by molar-refractivity contribution is 5.79. The third kappa shape index (κ3) is 3.69. The maximum Gasteiger partial charge on any atom is 0.225 e. The lowest BCUT2D eigenvalue weighted by Gasteiger charge is -2.31. The third-order valence-electron chi connectivity index (χ3n) is 3.98. The van der Waals surface area contributed by atoms with Gasteiger partial charge in [-0.1, -0.05) is 6.92 Å². The molecule has 2 heterocycles. The van der Waals surface area contributed by atoms with Gasteiger partial charge in [0, 0.05) is 38.3 Å². The highest BCUT2D eigenvalue weighted by Crippen LogP contribution is 2.19. The lowest BCUT2D eigenvalue weighted by atomic mass is 9.98. The van der Waals surface area contributed by atoms with Gasteiger partial charge in [-0.25, -0.2) is 0 Å². The molecule has 4 nitrogen and oxygen atoms in total. The Morgan fingerprint density at radius 2 is 2.11 bits per heavy atom. The maximum absolute atomic E-state index is 12.5. The Hall–Kier alpha value is -0.610. The Balaban J connectivity index is 1.87. The highest BCUT2D eigenvalue weighted by Gasteiger charge is 2.28. The molecule has 0 aromatic heterocycles. The molecule has 1 atom stereocenters. The summed E-state index contributed by atoms with van der Waals surface area (Å²) < 4.78 is 5.34. The van der Waals surface area contributed by atoms with Gasteiger partial charge in [-0.2, -0.15) is 0 Å². The fourth-order valence-corrected chi connectivity index (χ4v) is 2.94. The summed E-state index contributed by atoms with van der Waals surface area (Å²) in [6.45, 7) is 6.54. The van der Waals surface area contributed by atoms with E-state index >= 15 is 0 Å². The van der Waals surface area contributed by atoms with Crippen molar-refractivity contribution in [2.24, 2.45) is 5.92 Å². The predicted octanol–water partition coefficient (Wildman–Crippen LogP) is 1.40. The topological polar surface area (TPSA) is 41.6 Å². The first kappa shape index (κ1) is 13.8. The summed E-state index contributed by atoms with van der Waals surface area (Å²) in [4.78, 5) is 14.6. The van der Waals surface area contributed by atoms with Crippen molar-refractivity contribution in [3.05, 3.63) is 0 Å². The fourth-order valence-electron chi connectivity index (χ4n) is 2.94. The van der Waals surface area contributed by atoms with Crippen molar-refractivity contribution in [1.82, 2.24) is 10.2 Å². The van der Waals surface area contributed by atoms with Crippen LogP contribution in [0.2, 0.25) is 0 Å². The van der Waals surface area contributed by atoms with Gasteiger partial charge in [-0.15, -0.1) is 0 Å². The SMILES string of the molecule is CCCN(CC1CCCN1)C(=O)C1CCOCC1. The monoisotopic (exact) mass is 254 g/mol. The van der Waals surface area contributed by atoms with Crippen LogP contribution in [0.15, 0.2) is 0 Å². The summed E-state index contributed by atoms with van der Waals surface area (Å²) >= 11 is 0. The number of hydrogen-bond acceptors (Lipinski definition) is 3. The molecule has 0 aromatic rings. The molecule has 0 aliphatic carbocycles. The molecule has 2 rings (SSSR count). The van der Waals surface area contributed by atoms with Crippen LogP contribution < -0.4 is 5.32 Å². The van der Waals surface area contributed by atoms with Crippen LogP contribution >= 0.6 is 0 Å². The van der Waals surface area contributed by atoms with Gasteiger partial charge in [0.2, 0.25) is 5.91 Å². The standard InChI is InChI=1S/C14H26N2O2/c1-2-8-16(11-13-4-3-7-15-13)14(17)12-5-9-18-10-6-12/h12-13,15H,2-11H2,1H3. The summed E-state index contributed by atoms with van der Waals surface area (Å²) in [5.74, 6) is 0.556. The lowest BCUT2D eigenvalue weighted by molar-refractivity contribution is -0.138. The molecule has 2 aliphatic rings. The molecule has 1 amide bonds. The molecule has 104 valence electrons. The molecule has 0 spiro atoms. The summed E-state index contributed by atoms with van der Waals surface area (Å²) in [7, 11) is 0. The van der Waals surface area contributed by atoms with E-state index in [0.717, 1.165) is 52.1 Å². The molecular formula is C14H26N2O2. The van der Waals surface area contributed by atoms with E-state index < -0.39 is 0 Å². The Morgan fingerprint density at radius 3 is 2.72 bits per heavy atom. The first-order valence-corrected chi connectivity index (χ1v) is 7.41. The summed E-state index contributed by atoms with van der Waals surface area (Å²) in [5, 5.41) is 3.48. The van der Waals surface area contributed by atoms with E-state index in [1.165, 1.54) is 12.8 Å². The quantitative estimate of drug-likeness (QED) is 0.806. The van der Waals surface area contributed by atoms with Crippen molar-refractivity contribution in [3.8, 4) is 0 Å². The molecule has 0 bridgehead atoms. The van der Waals surface area contributed by atoms with Gasteiger partial charge in [0.05, 0.1) is 0 Å². The average molecular weight is 254 g/mol. The fraction of sp³-hybridized carbons (Fsp3) is 0.929. The Morgan fingerprint density at radius 1 is 1.33 bits per heavy atom. The van der Waals surface area contributed by atoms with Gasteiger partial charge in [-0.05, 0) is 38.6 Å². The molecular weight excluding hydrogens is 228 g/mol. The minimum absolute atomic E-state index is 0.201. The third-order valence-corrected chi connectivity index (χ3v) is 3.98. The molecule has 1 N–H and O–H groups in total. The molecule has 2 aliphatic heterocycles. The van der Waals surface area contributed by atoms with E-state index in [1.807, 2.05) is 0 Å². The number of carbonyl (C=O) groups is 1.